The maximum absolute atomic E-state index is 11.9. The Morgan fingerprint density at radius 3 is 2.61 bits per heavy atom. The summed E-state index contributed by atoms with van der Waals surface area (Å²) in [5.74, 6) is -0.0334. The minimum Gasteiger partial charge on any atom is -0.350 e. The molecule has 0 aliphatic rings. The van der Waals surface area contributed by atoms with Crippen LogP contribution in [0.4, 0.5) is 0 Å². The number of hydrogen-bond donors (Lipinski definition) is 1. The van der Waals surface area contributed by atoms with E-state index in [4.69, 9.17) is 0 Å². The van der Waals surface area contributed by atoms with Crippen LogP contribution >= 0.6 is 0 Å². The third kappa shape index (κ3) is 3.20. The molecule has 0 saturated heterocycles. The number of aryl methyl sites for hydroxylation is 2. The van der Waals surface area contributed by atoms with Crippen LogP contribution in [-0.2, 0) is 6.54 Å². The van der Waals surface area contributed by atoms with Gasteiger partial charge in [0.25, 0.3) is 5.91 Å². The van der Waals surface area contributed by atoms with Gasteiger partial charge in [-0.05, 0) is 32.0 Å². The van der Waals surface area contributed by atoms with Crippen LogP contribution in [0.2, 0.25) is 0 Å². The van der Waals surface area contributed by atoms with Crippen molar-refractivity contribution >= 4 is 5.91 Å². The maximum Gasteiger partial charge on any atom is 0.251 e. The van der Waals surface area contributed by atoms with Crippen molar-refractivity contribution in [3.63, 3.8) is 0 Å². The van der Waals surface area contributed by atoms with Crippen LogP contribution in [0.1, 0.15) is 21.5 Å². The van der Waals surface area contributed by atoms with Gasteiger partial charge in [0.15, 0.2) is 0 Å². The minimum atomic E-state index is -0.0334. The summed E-state index contributed by atoms with van der Waals surface area (Å²) in [7, 11) is 0. The monoisotopic (exact) mass is 243 g/mol. The number of aromatic nitrogens is 2. The lowest BCUT2D eigenvalue weighted by Gasteiger charge is -2.07. The topological polar surface area (TPSA) is 46.9 Å². The predicted molar refractivity (Wildman–Crippen MR) is 70.5 cm³/mol. The van der Waals surface area contributed by atoms with Crippen molar-refractivity contribution in [3.8, 4) is 0 Å². The Labute approximate surface area is 107 Å². The summed E-state index contributed by atoms with van der Waals surface area (Å²) in [6.45, 7) is 5.25. The molecule has 0 aliphatic carbocycles. The van der Waals surface area contributed by atoms with Crippen molar-refractivity contribution in [1.29, 1.82) is 0 Å². The molecule has 4 nitrogen and oxygen atoms in total. The number of carbonyl (C=O) groups is 1. The van der Waals surface area contributed by atoms with Gasteiger partial charge in [-0.25, -0.2) is 0 Å². The van der Waals surface area contributed by atoms with Crippen LogP contribution in [0.15, 0.2) is 36.7 Å². The van der Waals surface area contributed by atoms with Crippen molar-refractivity contribution in [2.24, 2.45) is 0 Å². The molecular formula is C14H17N3O. The second kappa shape index (κ2) is 5.49. The highest BCUT2D eigenvalue weighted by molar-refractivity contribution is 5.94. The summed E-state index contributed by atoms with van der Waals surface area (Å²) in [4.78, 5) is 11.9. The van der Waals surface area contributed by atoms with Gasteiger partial charge in [-0.15, -0.1) is 0 Å². The average molecular weight is 243 g/mol. The molecular weight excluding hydrogens is 226 g/mol. The van der Waals surface area contributed by atoms with E-state index in [0.717, 1.165) is 11.1 Å². The van der Waals surface area contributed by atoms with Crippen LogP contribution < -0.4 is 5.32 Å². The SMILES string of the molecule is Cc1cc(C)cc(C(=O)NCCn2cccn2)c1. The first-order valence-corrected chi connectivity index (χ1v) is 5.99. The Balaban J connectivity index is 1.91. The Hall–Kier alpha value is -2.10. The van der Waals surface area contributed by atoms with Gasteiger partial charge >= 0.3 is 0 Å². The van der Waals surface area contributed by atoms with Gasteiger partial charge in [0.2, 0.25) is 0 Å². The molecule has 1 aromatic carbocycles. The second-order valence-corrected chi connectivity index (χ2v) is 4.40. The zero-order valence-corrected chi connectivity index (χ0v) is 10.7. The molecule has 0 bridgehead atoms. The van der Waals surface area contributed by atoms with Crippen molar-refractivity contribution in [2.45, 2.75) is 20.4 Å². The van der Waals surface area contributed by atoms with Crippen LogP contribution in [0, 0.1) is 13.8 Å². The highest BCUT2D eigenvalue weighted by Crippen LogP contribution is 2.08. The number of nitrogens with zero attached hydrogens (tertiary/aromatic N) is 2. The third-order valence-electron chi connectivity index (χ3n) is 2.67. The Bertz CT molecular complexity index is 512. The molecule has 1 N–H and O–H groups in total. The molecule has 0 atom stereocenters. The van der Waals surface area contributed by atoms with Gasteiger partial charge in [-0.3, -0.25) is 9.48 Å². The van der Waals surface area contributed by atoms with E-state index in [9.17, 15) is 4.79 Å². The molecule has 0 radical (unpaired) electrons. The van der Waals surface area contributed by atoms with Gasteiger partial charge in [0, 0.05) is 24.5 Å². The van der Waals surface area contributed by atoms with Gasteiger partial charge in [-0.1, -0.05) is 17.2 Å². The van der Waals surface area contributed by atoms with Crippen molar-refractivity contribution in [1.82, 2.24) is 15.1 Å². The first-order chi connectivity index (χ1) is 8.65. The van der Waals surface area contributed by atoms with E-state index >= 15 is 0 Å². The zero-order chi connectivity index (χ0) is 13.0. The molecule has 18 heavy (non-hydrogen) atoms. The molecule has 2 rings (SSSR count). The van der Waals surface area contributed by atoms with Crippen LogP contribution in [0.5, 0.6) is 0 Å². The molecule has 0 spiro atoms. The van der Waals surface area contributed by atoms with Crippen molar-refractivity contribution < 1.29 is 4.79 Å². The largest absolute Gasteiger partial charge is 0.350 e. The molecule has 1 heterocycles. The molecule has 0 fully saturated rings. The summed E-state index contributed by atoms with van der Waals surface area (Å²) in [6.07, 6.45) is 3.61. The molecule has 2 aromatic rings. The lowest BCUT2D eigenvalue weighted by atomic mass is 10.1. The van der Waals surface area contributed by atoms with E-state index in [1.54, 1.807) is 10.9 Å². The highest BCUT2D eigenvalue weighted by atomic mass is 16.1. The number of amides is 1. The molecule has 1 amide bonds. The predicted octanol–water partition coefficient (Wildman–Crippen LogP) is 1.93. The Morgan fingerprint density at radius 2 is 2.00 bits per heavy atom. The lowest BCUT2D eigenvalue weighted by Crippen LogP contribution is -2.27. The molecule has 94 valence electrons. The van der Waals surface area contributed by atoms with E-state index in [1.807, 2.05) is 38.2 Å². The maximum atomic E-state index is 11.9. The molecule has 1 aromatic heterocycles. The van der Waals surface area contributed by atoms with E-state index in [0.29, 0.717) is 18.7 Å². The first-order valence-electron chi connectivity index (χ1n) is 5.99. The van der Waals surface area contributed by atoms with E-state index < -0.39 is 0 Å². The molecule has 4 heteroatoms. The minimum absolute atomic E-state index is 0.0334. The summed E-state index contributed by atoms with van der Waals surface area (Å²) in [5.41, 5.74) is 2.92. The first kappa shape index (κ1) is 12.4. The summed E-state index contributed by atoms with van der Waals surface area (Å²) in [5, 5.41) is 6.97. The van der Waals surface area contributed by atoms with Gasteiger partial charge in [0.05, 0.1) is 6.54 Å². The van der Waals surface area contributed by atoms with Crippen molar-refractivity contribution in [3.05, 3.63) is 53.3 Å². The summed E-state index contributed by atoms with van der Waals surface area (Å²) in [6, 6.07) is 7.72. The fourth-order valence-electron chi connectivity index (χ4n) is 1.92. The normalized spacial score (nSPS) is 10.3. The van der Waals surface area contributed by atoms with Gasteiger partial charge < -0.3 is 5.32 Å². The number of benzene rings is 1. The van der Waals surface area contributed by atoms with Gasteiger partial charge in [-0.2, -0.15) is 5.10 Å². The summed E-state index contributed by atoms with van der Waals surface area (Å²) < 4.78 is 1.79. The van der Waals surface area contributed by atoms with E-state index in [-0.39, 0.29) is 5.91 Å². The number of rotatable bonds is 4. The van der Waals surface area contributed by atoms with E-state index in [2.05, 4.69) is 16.5 Å². The quantitative estimate of drug-likeness (QED) is 0.892. The van der Waals surface area contributed by atoms with Gasteiger partial charge in [0.1, 0.15) is 0 Å². The van der Waals surface area contributed by atoms with Crippen molar-refractivity contribution in [2.75, 3.05) is 6.54 Å². The van der Waals surface area contributed by atoms with Crippen LogP contribution in [0.3, 0.4) is 0 Å². The Kier molecular flexibility index (Phi) is 3.77. The average Bonchev–Trinajstić information content (AvgIpc) is 2.80. The van der Waals surface area contributed by atoms with Crippen LogP contribution in [-0.4, -0.2) is 22.2 Å². The molecule has 0 aliphatic heterocycles. The summed E-state index contributed by atoms with van der Waals surface area (Å²) >= 11 is 0. The number of carbonyl (C=O) groups excluding carboxylic acids is 1. The standard InChI is InChI=1S/C14H17N3O/c1-11-8-12(2)10-13(9-11)14(18)15-5-7-17-6-3-4-16-17/h3-4,6,8-10H,5,7H2,1-2H3,(H,15,18). The fraction of sp³-hybridized carbons (Fsp3) is 0.286. The number of nitrogens with one attached hydrogen (secondary N) is 1. The van der Waals surface area contributed by atoms with E-state index in [1.165, 1.54) is 0 Å². The smallest absolute Gasteiger partial charge is 0.251 e. The lowest BCUT2D eigenvalue weighted by molar-refractivity contribution is 0.0951. The zero-order valence-electron chi connectivity index (χ0n) is 10.7. The molecule has 0 unspecified atom stereocenters. The third-order valence-corrected chi connectivity index (χ3v) is 2.67. The fourth-order valence-corrected chi connectivity index (χ4v) is 1.92. The van der Waals surface area contributed by atoms with Crippen LogP contribution in [0.25, 0.3) is 0 Å². The second-order valence-electron chi connectivity index (χ2n) is 4.40. The molecule has 0 saturated carbocycles. The highest BCUT2D eigenvalue weighted by Gasteiger charge is 2.05. The Morgan fingerprint density at radius 1 is 1.28 bits per heavy atom. The number of hydrogen-bond acceptors (Lipinski definition) is 2.